The van der Waals surface area contributed by atoms with Crippen LogP contribution in [0.5, 0.6) is 11.5 Å². The summed E-state index contributed by atoms with van der Waals surface area (Å²) < 4.78 is 16.6. The summed E-state index contributed by atoms with van der Waals surface area (Å²) >= 11 is 0. The van der Waals surface area contributed by atoms with Crippen LogP contribution in [0.2, 0.25) is 0 Å². The van der Waals surface area contributed by atoms with Crippen LogP contribution in [0, 0.1) is 11.8 Å². The number of nitrogens with one attached hydrogen (secondary N) is 1. The number of nitrogens with zero attached hydrogens (tertiary/aromatic N) is 1. The van der Waals surface area contributed by atoms with Gasteiger partial charge in [-0.3, -0.25) is 4.79 Å². The summed E-state index contributed by atoms with van der Waals surface area (Å²) in [5.41, 5.74) is 2.04. The van der Waals surface area contributed by atoms with E-state index < -0.39 is 0 Å². The van der Waals surface area contributed by atoms with Gasteiger partial charge in [0.05, 0.1) is 13.7 Å². The summed E-state index contributed by atoms with van der Waals surface area (Å²) in [5.74, 6) is 2.35. The first-order chi connectivity index (χ1) is 17.2. The summed E-state index contributed by atoms with van der Waals surface area (Å²) in [7, 11) is 3.31. The van der Waals surface area contributed by atoms with Crippen LogP contribution in [0.25, 0.3) is 0 Å². The fourth-order valence-electron chi connectivity index (χ4n) is 5.50. The normalized spacial score (nSPS) is 19.6. The molecule has 1 saturated carbocycles. The topological polar surface area (TPSA) is 60.0 Å². The molecule has 4 rings (SSSR count). The second-order valence-electron chi connectivity index (χ2n) is 9.82. The van der Waals surface area contributed by atoms with Gasteiger partial charge in [0.2, 0.25) is 0 Å². The fraction of sp³-hybridized carbons (Fsp3) is 0.552. The van der Waals surface area contributed by atoms with Crippen LogP contribution in [-0.4, -0.2) is 63.9 Å². The summed E-state index contributed by atoms with van der Waals surface area (Å²) in [4.78, 5) is 16.1. The third kappa shape index (κ3) is 7.37. The number of halogens is 1. The summed E-state index contributed by atoms with van der Waals surface area (Å²) in [5, 5.41) is 3.59. The molecule has 1 aliphatic carbocycles. The largest absolute Gasteiger partial charge is 0.493 e. The van der Waals surface area contributed by atoms with Crippen molar-refractivity contribution in [2.45, 2.75) is 44.6 Å². The average molecular weight is 517 g/mol. The highest BCUT2D eigenvalue weighted by molar-refractivity contribution is 5.95. The van der Waals surface area contributed by atoms with Gasteiger partial charge in [0, 0.05) is 38.3 Å². The van der Waals surface area contributed by atoms with Crippen molar-refractivity contribution >= 4 is 18.3 Å². The smallest absolute Gasteiger partial charge is 0.254 e. The van der Waals surface area contributed by atoms with E-state index in [1.165, 1.54) is 18.4 Å². The highest BCUT2D eigenvalue weighted by Gasteiger charge is 2.34. The lowest BCUT2D eigenvalue weighted by molar-refractivity contribution is 0.0633. The molecule has 6 nitrogen and oxygen atoms in total. The van der Waals surface area contributed by atoms with Gasteiger partial charge >= 0.3 is 0 Å². The SMILES string of the molecule is COCCCOc1cc(C(=O)N(C[C@H]2CNC[C@@H]2Cc2ccccc2)C2CCCC2)ccc1OC.Cl. The number of rotatable bonds is 12. The van der Waals surface area contributed by atoms with Crippen LogP contribution < -0.4 is 14.8 Å². The Labute approximate surface area is 222 Å². The van der Waals surface area contributed by atoms with Gasteiger partial charge in [-0.2, -0.15) is 0 Å². The van der Waals surface area contributed by atoms with Crippen LogP contribution in [-0.2, 0) is 11.2 Å². The summed E-state index contributed by atoms with van der Waals surface area (Å²) in [6.45, 7) is 3.92. The lowest BCUT2D eigenvalue weighted by Gasteiger charge is -2.33. The molecule has 0 bridgehead atoms. The van der Waals surface area contributed by atoms with E-state index in [0.717, 1.165) is 45.3 Å². The molecule has 0 unspecified atom stereocenters. The number of carbonyl (C=O) groups is 1. The molecule has 1 saturated heterocycles. The van der Waals surface area contributed by atoms with Crippen molar-refractivity contribution < 1.29 is 19.0 Å². The molecule has 1 aliphatic heterocycles. The third-order valence-electron chi connectivity index (χ3n) is 7.44. The van der Waals surface area contributed by atoms with E-state index in [-0.39, 0.29) is 18.3 Å². The van der Waals surface area contributed by atoms with Crippen LogP contribution >= 0.6 is 12.4 Å². The molecule has 2 aromatic rings. The Morgan fingerprint density at radius 2 is 1.72 bits per heavy atom. The predicted octanol–water partition coefficient (Wildman–Crippen LogP) is 5.00. The Bertz CT molecular complexity index is 936. The molecule has 0 radical (unpaired) electrons. The van der Waals surface area contributed by atoms with E-state index in [9.17, 15) is 4.79 Å². The zero-order valence-corrected chi connectivity index (χ0v) is 22.4. The lowest BCUT2D eigenvalue weighted by Crippen LogP contribution is -2.43. The highest BCUT2D eigenvalue weighted by atomic mass is 35.5. The quantitative estimate of drug-likeness (QED) is 0.402. The van der Waals surface area contributed by atoms with Crippen molar-refractivity contribution in [3.63, 3.8) is 0 Å². The van der Waals surface area contributed by atoms with Gasteiger partial charge in [0.25, 0.3) is 5.91 Å². The average Bonchev–Trinajstić information content (AvgIpc) is 3.58. The van der Waals surface area contributed by atoms with Crippen LogP contribution in [0.3, 0.4) is 0 Å². The Morgan fingerprint density at radius 1 is 0.972 bits per heavy atom. The molecule has 0 aromatic heterocycles. The van der Waals surface area contributed by atoms with E-state index in [4.69, 9.17) is 14.2 Å². The lowest BCUT2D eigenvalue weighted by atomic mass is 9.88. The van der Waals surface area contributed by atoms with Crippen molar-refractivity contribution in [3.8, 4) is 11.5 Å². The maximum absolute atomic E-state index is 13.9. The Hall–Kier alpha value is -2.28. The molecule has 36 heavy (non-hydrogen) atoms. The molecular weight excluding hydrogens is 476 g/mol. The van der Waals surface area contributed by atoms with Crippen molar-refractivity contribution in [1.29, 1.82) is 0 Å². The zero-order valence-electron chi connectivity index (χ0n) is 21.6. The fourth-order valence-corrected chi connectivity index (χ4v) is 5.50. The number of hydrogen-bond acceptors (Lipinski definition) is 5. The van der Waals surface area contributed by atoms with Crippen molar-refractivity contribution in [2.75, 3.05) is 47.1 Å². The van der Waals surface area contributed by atoms with Crippen molar-refractivity contribution in [1.82, 2.24) is 10.2 Å². The molecule has 198 valence electrons. The molecule has 1 heterocycles. The molecular formula is C29H41ClN2O4. The monoisotopic (exact) mass is 516 g/mol. The van der Waals surface area contributed by atoms with Gasteiger partial charge in [-0.05, 0) is 68.0 Å². The maximum atomic E-state index is 13.9. The molecule has 2 aromatic carbocycles. The Morgan fingerprint density at radius 3 is 2.44 bits per heavy atom. The van der Waals surface area contributed by atoms with Gasteiger partial charge in [-0.1, -0.05) is 43.2 Å². The number of benzene rings is 2. The minimum absolute atomic E-state index is 0. The van der Waals surface area contributed by atoms with Crippen LogP contribution in [0.4, 0.5) is 0 Å². The van der Waals surface area contributed by atoms with Gasteiger partial charge in [0.15, 0.2) is 11.5 Å². The Balaban J connectivity index is 0.00000361. The molecule has 7 heteroatoms. The van der Waals surface area contributed by atoms with E-state index in [1.54, 1.807) is 14.2 Å². The number of hydrogen-bond donors (Lipinski definition) is 1. The number of amides is 1. The van der Waals surface area contributed by atoms with Gasteiger partial charge < -0.3 is 24.4 Å². The van der Waals surface area contributed by atoms with E-state index in [0.29, 0.717) is 48.2 Å². The van der Waals surface area contributed by atoms with E-state index >= 15 is 0 Å². The number of carbonyl (C=O) groups excluding carboxylic acids is 1. The molecule has 1 N–H and O–H groups in total. The second kappa shape index (κ2) is 14.5. The standard InChI is InChI=1S/C29H40N2O4.ClH/c1-33-15-8-16-35-28-18-23(13-14-27(28)34-2)29(32)31(26-11-6-7-12-26)21-25-20-30-19-24(25)17-22-9-4-3-5-10-22;/h3-5,9-10,13-14,18,24-26,30H,6-8,11-12,15-17,19-21H2,1-2H3;1H/t24-,25+;/m0./s1. The Kier molecular flexibility index (Phi) is 11.4. The minimum Gasteiger partial charge on any atom is -0.493 e. The highest BCUT2D eigenvalue weighted by Crippen LogP contribution is 2.32. The van der Waals surface area contributed by atoms with Gasteiger partial charge in [-0.15, -0.1) is 12.4 Å². The maximum Gasteiger partial charge on any atom is 0.254 e. The predicted molar refractivity (Wildman–Crippen MR) is 146 cm³/mol. The number of methoxy groups -OCH3 is 2. The van der Waals surface area contributed by atoms with Crippen LogP contribution in [0.15, 0.2) is 48.5 Å². The van der Waals surface area contributed by atoms with Crippen LogP contribution in [0.1, 0.15) is 48.0 Å². The zero-order chi connectivity index (χ0) is 24.5. The van der Waals surface area contributed by atoms with Crippen molar-refractivity contribution in [3.05, 3.63) is 59.7 Å². The van der Waals surface area contributed by atoms with E-state index in [1.807, 2.05) is 18.2 Å². The third-order valence-corrected chi connectivity index (χ3v) is 7.44. The van der Waals surface area contributed by atoms with E-state index in [2.05, 4.69) is 40.5 Å². The molecule has 2 atom stereocenters. The van der Waals surface area contributed by atoms with Gasteiger partial charge in [0.1, 0.15) is 0 Å². The first-order valence-electron chi connectivity index (χ1n) is 13.0. The summed E-state index contributed by atoms with van der Waals surface area (Å²) in [6, 6.07) is 16.6. The van der Waals surface area contributed by atoms with Crippen molar-refractivity contribution in [2.24, 2.45) is 11.8 Å². The minimum atomic E-state index is 0. The molecule has 2 fully saturated rings. The molecule has 0 spiro atoms. The second-order valence-corrected chi connectivity index (χ2v) is 9.82. The number of ether oxygens (including phenoxy) is 3. The molecule has 2 aliphatic rings. The summed E-state index contributed by atoms with van der Waals surface area (Å²) in [6.07, 6.45) is 6.40. The molecule has 1 amide bonds. The first kappa shape index (κ1) is 28.3. The first-order valence-corrected chi connectivity index (χ1v) is 13.0. The van der Waals surface area contributed by atoms with Gasteiger partial charge in [-0.25, -0.2) is 0 Å².